The van der Waals surface area contributed by atoms with Crippen molar-refractivity contribution < 1.29 is 23.6 Å². The Morgan fingerprint density at radius 2 is 1.67 bits per heavy atom. The van der Waals surface area contributed by atoms with Crippen LogP contribution in [0.1, 0.15) is 48.4 Å². The maximum atomic E-state index is 13.2. The Balaban J connectivity index is 1.38. The molecule has 1 atom stereocenters. The molecule has 2 fully saturated rings. The van der Waals surface area contributed by atoms with Crippen molar-refractivity contribution in [2.45, 2.75) is 32.2 Å². The van der Waals surface area contributed by atoms with Gasteiger partial charge in [-0.2, -0.15) is 0 Å². The number of urea groups is 1. The fourth-order valence-corrected chi connectivity index (χ4v) is 4.19. The molecule has 0 aliphatic carbocycles. The van der Waals surface area contributed by atoms with Crippen molar-refractivity contribution >= 4 is 23.8 Å². The molecular formula is C24H28N4O5. The first kappa shape index (κ1) is 22.6. The van der Waals surface area contributed by atoms with Gasteiger partial charge in [-0.1, -0.05) is 38.1 Å². The zero-order chi connectivity index (χ0) is 23.8. The second-order valence-corrected chi connectivity index (χ2v) is 8.87. The molecule has 3 heterocycles. The predicted molar refractivity (Wildman–Crippen MR) is 119 cm³/mol. The van der Waals surface area contributed by atoms with Gasteiger partial charge < -0.3 is 19.5 Å². The number of nitrogens with zero attached hydrogens (tertiary/aromatic N) is 3. The minimum atomic E-state index is -1.22. The highest BCUT2D eigenvalue weighted by molar-refractivity contribution is 6.09. The maximum Gasteiger partial charge on any atom is 0.325 e. The van der Waals surface area contributed by atoms with Gasteiger partial charge in [0.2, 0.25) is 5.91 Å². The van der Waals surface area contributed by atoms with E-state index in [2.05, 4.69) is 19.2 Å². The van der Waals surface area contributed by atoms with Crippen LogP contribution in [0.25, 0.3) is 0 Å². The van der Waals surface area contributed by atoms with Crippen LogP contribution in [-0.4, -0.2) is 71.2 Å². The quantitative estimate of drug-likeness (QED) is 0.701. The van der Waals surface area contributed by atoms with Gasteiger partial charge in [-0.3, -0.25) is 19.3 Å². The minimum Gasteiger partial charge on any atom is -0.459 e. The second-order valence-electron chi connectivity index (χ2n) is 8.87. The normalized spacial score (nSPS) is 21.0. The molecule has 1 N–H and O–H groups in total. The van der Waals surface area contributed by atoms with E-state index in [9.17, 15) is 19.2 Å². The number of hydrogen-bond acceptors (Lipinski definition) is 5. The molecule has 2 aliphatic rings. The van der Waals surface area contributed by atoms with Crippen LogP contribution < -0.4 is 5.32 Å². The van der Waals surface area contributed by atoms with Gasteiger partial charge in [0, 0.05) is 26.2 Å². The van der Waals surface area contributed by atoms with Gasteiger partial charge in [0.15, 0.2) is 5.76 Å². The van der Waals surface area contributed by atoms with E-state index in [4.69, 9.17) is 4.42 Å². The molecule has 9 nitrogen and oxygen atoms in total. The molecule has 1 aromatic carbocycles. The molecule has 2 saturated heterocycles. The molecule has 0 unspecified atom stereocenters. The molecule has 9 heteroatoms. The first-order valence-electron chi connectivity index (χ1n) is 11.1. The summed E-state index contributed by atoms with van der Waals surface area (Å²) in [6.45, 7) is 6.83. The number of imide groups is 1. The number of carbonyl (C=O) groups excluding carboxylic acids is 4. The van der Waals surface area contributed by atoms with Gasteiger partial charge in [-0.25, -0.2) is 4.79 Å². The van der Waals surface area contributed by atoms with Gasteiger partial charge in [0.25, 0.3) is 11.8 Å². The van der Waals surface area contributed by atoms with Crippen LogP contribution in [0.15, 0.2) is 47.1 Å². The van der Waals surface area contributed by atoms with Crippen molar-refractivity contribution in [1.29, 1.82) is 0 Å². The lowest BCUT2D eigenvalue weighted by atomic mass is 9.90. The van der Waals surface area contributed by atoms with Crippen LogP contribution in [-0.2, 0) is 15.1 Å². The van der Waals surface area contributed by atoms with Gasteiger partial charge in [-0.15, -0.1) is 0 Å². The van der Waals surface area contributed by atoms with Crippen molar-refractivity contribution in [1.82, 2.24) is 20.0 Å². The van der Waals surface area contributed by atoms with Gasteiger partial charge in [0.05, 0.1) is 6.26 Å². The van der Waals surface area contributed by atoms with E-state index in [1.54, 1.807) is 28.9 Å². The summed E-state index contributed by atoms with van der Waals surface area (Å²) in [6, 6.07) is 10.2. The molecule has 174 valence electrons. The smallest absolute Gasteiger partial charge is 0.325 e. The topological polar surface area (TPSA) is 103 Å². The van der Waals surface area contributed by atoms with E-state index in [-0.39, 0.29) is 24.1 Å². The third-order valence-electron chi connectivity index (χ3n) is 6.37. The monoisotopic (exact) mass is 452 g/mol. The molecule has 4 rings (SSSR count). The van der Waals surface area contributed by atoms with Crippen LogP contribution in [0.3, 0.4) is 0 Å². The summed E-state index contributed by atoms with van der Waals surface area (Å²) in [7, 11) is 0. The summed E-state index contributed by atoms with van der Waals surface area (Å²) in [6.07, 6.45) is 1.44. The van der Waals surface area contributed by atoms with Crippen LogP contribution in [0.5, 0.6) is 0 Å². The van der Waals surface area contributed by atoms with Crippen molar-refractivity contribution in [2.75, 3.05) is 32.7 Å². The number of benzene rings is 1. The molecule has 0 radical (unpaired) electrons. The summed E-state index contributed by atoms with van der Waals surface area (Å²) in [5.74, 6) is -0.396. The molecule has 1 aromatic heterocycles. The number of carbonyl (C=O) groups is 4. The Morgan fingerprint density at radius 3 is 2.24 bits per heavy atom. The maximum absolute atomic E-state index is 13.2. The summed E-state index contributed by atoms with van der Waals surface area (Å²) in [5, 5.41) is 2.74. The van der Waals surface area contributed by atoms with Gasteiger partial charge >= 0.3 is 6.03 Å². The van der Waals surface area contributed by atoms with E-state index in [0.29, 0.717) is 37.7 Å². The van der Waals surface area contributed by atoms with Crippen LogP contribution in [0.4, 0.5) is 4.79 Å². The lowest BCUT2D eigenvalue weighted by Gasteiger charge is -2.34. The highest BCUT2D eigenvalue weighted by atomic mass is 16.3. The first-order valence-corrected chi connectivity index (χ1v) is 11.1. The summed E-state index contributed by atoms with van der Waals surface area (Å²) >= 11 is 0. The van der Waals surface area contributed by atoms with Crippen molar-refractivity contribution in [3.05, 3.63) is 59.5 Å². The molecule has 0 spiro atoms. The number of piperazine rings is 1. The number of nitrogens with one attached hydrogen (secondary N) is 1. The molecule has 0 bridgehead atoms. The third kappa shape index (κ3) is 4.22. The second kappa shape index (κ2) is 8.73. The molecular weight excluding hydrogens is 424 g/mol. The summed E-state index contributed by atoms with van der Waals surface area (Å²) in [4.78, 5) is 55.2. The third-order valence-corrected chi connectivity index (χ3v) is 6.37. The SMILES string of the molecule is CC(C)c1ccc([C@@]2(C)NC(=O)N(CC(=O)N3CCN(C(=O)c4ccco4)CC3)C2=O)cc1. The fourth-order valence-electron chi connectivity index (χ4n) is 4.19. The number of furan rings is 1. The van der Waals surface area contributed by atoms with Crippen molar-refractivity contribution in [2.24, 2.45) is 0 Å². The Kier molecular flexibility index (Phi) is 5.97. The first-order chi connectivity index (χ1) is 15.7. The lowest BCUT2D eigenvalue weighted by molar-refractivity contribution is -0.139. The summed E-state index contributed by atoms with van der Waals surface area (Å²) < 4.78 is 5.15. The molecule has 2 aromatic rings. The highest BCUT2D eigenvalue weighted by Gasteiger charge is 2.49. The van der Waals surface area contributed by atoms with E-state index < -0.39 is 17.5 Å². The average molecular weight is 453 g/mol. The zero-order valence-electron chi connectivity index (χ0n) is 19.0. The highest BCUT2D eigenvalue weighted by Crippen LogP contribution is 2.30. The van der Waals surface area contributed by atoms with Crippen LogP contribution >= 0.6 is 0 Å². The molecule has 0 saturated carbocycles. The largest absolute Gasteiger partial charge is 0.459 e. The Morgan fingerprint density at radius 1 is 1.03 bits per heavy atom. The van der Waals surface area contributed by atoms with Crippen LogP contribution in [0.2, 0.25) is 0 Å². The summed E-state index contributed by atoms with van der Waals surface area (Å²) in [5.41, 5.74) is 0.585. The van der Waals surface area contributed by atoms with Gasteiger partial charge in [-0.05, 0) is 36.1 Å². The predicted octanol–water partition coefficient (Wildman–Crippen LogP) is 2.15. The Hall–Kier alpha value is -3.62. The zero-order valence-corrected chi connectivity index (χ0v) is 19.0. The van der Waals surface area contributed by atoms with Gasteiger partial charge in [0.1, 0.15) is 12.1 Å². The fraction of sp³-hybridized carbons (Fsp3) is 0.417. The van der Waals surface area contributed by atoms with E-state index in [0.717, 1.165) is 10.5 Å². The number of rotatable bonds is 5. The number of amides is 5. The Bertz CT molecular complexity index is 1060. The van der Waals surface area contributed by atoms with E-state index in [1.165, 1.54) is 6.26 Å². The molecule has 5 amide bonds. The molecule has 2 aliphatic heterocycles. The van der Waals surface area contributed by atoms with E-state index in [1.807, 2.05) is 24.3 Å². The van der Waals surface area contributed by atoms with Crippen molar-refractivity contribution in [3.63, 3.8) is 0 Å². The minimum absolute atomic E-state index is 0.222. The average Bonchev–Trinajstić information content (AvgIpc) is 3.42. The van der Waals surface area contributed by atoms with Crippen molar-refractivity contribution in [3.8, 4) is 0 Å². The molecule has 33 heavy (non-hydrogen) atoms. The lowest BCUT2D eigenvalue weighted by Crippen LogP contribution is -2.53. The van der Waals surface area contributed by atoms with E-state index >= 15 is 0 Å². The standard InChI is InChI=1S/C24H28N4O5/c1-16(2)17-6-8-18(9-7-17)24(3)22(31)28(23(32)25-24)15-20(29)26-10-12-27(13-11-26)21(30)19-5-4-14-33-19/h4-9,14,16H,10-13,15H2,1-3H3,(H,25,32)/t24-/m1/s1. The van der Waals surface area contributed by atoms with Crippen LogP contribution in [0, 0.1) is 0 Å². The number of hydrogen-bond donors (Lipinski definition) is 1. The Labute approximate surface area is 192 Å².